The fourth-order valence-electron chi connectivity index (χ4n) is 1.67. The first-order valence-electron chi connectivity index (χ1n) is 6.23. The molecule has 0 fully saturated rings. The number of nitrogens with zero attached hydrogens (tertiary/aromatic N) is 2. The third-order valence-electron chi connectivity index (χ3n) is 2.63. The quantitative estimate of drug-likeness (QED) is 0.802. The number of rotatable bonds is 5. The molecular weight excluding hydrogens is 342 g/mol. The summed E-state index contributed by atoms with van der Waals surface area (Å²) in [6, 6.07) is 7.66. The lowest BCUT2D eigenvalue weighted by Gasteiger charge is -2.11. The van der Waals surface area contributed by atoms with Crippen LogP contribution < -0.4 is 5.32 Å². The average Bonchev–Trinajstić information content (AvgIpc) is 2.41. The van der Waals surface area contributed by atoms with Crippen molar-refractivity contribution in [2.75, 3.05) is 11.9 Å². The summed E-state index contributed by atoms with van der Waals surface area (Å²) in [7, 11) is 0. The summed E-state index contributed by atoms with van der Waals surface area (Å²) in [5.41, 5.74) is 2.08. The van der Waals surface area contributed by atoms with Crippen LogP contribution in [0.15, 0.2) is 28.7 Å². The van der Waals surface area contributed by atoms with Gasteiger partial charge in [-0.05, 0) is 41.4 Å². The van der Waals surface area contributed by atoms with Gasteiger partial charge in [-0.25, -0.2) is 9.97 Å². The minimum atomic E-state index is 0.348. The molecule has 0 aliphatic rings. The van der Waals surface area contributed by atoms with Crippen LogP contribution in [0.3, 0.4) is 0 Å². The molecule has 0 saturated carbocycles. The van der Waals surface area contributed by atoms with E-state index in [0.29, 0.717) is 30.0 Å². The Bertz CT molecular complexity index is 607. The molecule has 0 aliphatic carbocycles. The maximum absolute atomic E-state index is 6.01. The topological polar surface area (TPSA) is 47.0 Å². The zero-order chi connectivity index (χ0) is 14.5. The first kappa shape index (κ1) is 15.2. The number of benzene rings is 1. The highest BCUT2D eigenvalue weighted by Gasteiger charge is 2.07. The largest absolute Gasteiger partial charge is 0.374 e. The maximum atomic E-state index is 6.01. The van der Waals surface area contributed by atoms with Crippen molar-refractivity contribution in [3.05, 3.63) is 45.3 Å². The lowest BCUT2D eigenvalue weighted by molar-refractivity contribution is 0.128. The fraction of sp³-hybridized carbons (Fsp3) is 0.286. The third-order valence-corrected chi connectivity index (χ3v) is 3.88. The number of aromatic nitrogens is 2. The predicted octanol–water partition coefficient (Wildman–Crippen LogP) is 4.48. The van der Waals surface area contributed by atoms with Gasteiger partial charge in [0.05, 0.1) is 5.69 Å². The summed E-state index contributed by atoms with van der Waals surface area (Å²) in [6.07, 6.45) is 0. The summed E-state index contributed by atoms with van der Waals surface area (Å²) >= 11 is 9.56. The molecule has 1 heterocycles. The Balaban J connectivity index is 2.24. The maximum Gasteiger partial charge on any atom is 0.158 e. The highest BCUT2D eigenvalue weighted by molar-refractivity contribution is 9.10. The molecule has 0 amide bonds. The van der Waals surface area contributed by atoms with E-state index in [9.17, 15) is 0 Å². The lowest BCUT2D eigenvalue weighted by atomic mass is 10.2. The van der Waals surface area contributed by atoms with E-state index in [1.54, 1.807) is 6.07 Å². The van der Waals surface area contributed by atoms with Crippen molar-refractivity contribution in [1.29, 1.82) is 0 Å². The van der Waals surface area contributed by atoms with E-state index in [4.69, 9.17) is 16.3 Å². The van der Waals surface area contributed by atoms with Crippen molar-refractivity contribution >= 4 is 39.0 Å². The van der Waals surface area contributed by atoms with Crippen molar-refractivity contribution in [3.8, 4) is 0 Å². The molecule has 1 aromatic carbocycles. The van der Waals surface area contributed by atoms with Gasteiger partial charge >= 0.3 is 0 Å². The first-order valence-corrected chi connectivity index (χ1v) is 7.40. The van der Waals surface area contributed by atoms with Crippen LogP contribution in [-0.4, -0.2) is 16.6 Å². The Morgan fingerprint density at radius 3 is 2.90 bits per heavy atom. The summed E-state index contributed by atoms with van der Waals surface area (Å²) < 4.78 is 6.30. The molecule has 0 bridgehead atoms. The summed E-state index contributed by atoms with van der Waals surface area (Å²) in [6.45, 7) is 4.92. The first-order chi connectivity index (χ1) is 9.60. The molecule has 1 aromatic heterocycles. The van der Waals surface area contributed by atoms with Gasteiger partial charge in [-0.1, -0.05) is 23.7 Å². The van der Waals surface area contributed by atoms with Crippen molar-refractivity contribution < 1.29 is 4.74 Å². The van der Waals surface area contributed by atoms with Crippen molar-refractivity contribution in [3.63, 3.8) is 0 Å². The number of ether oxygens (including phenoxy) is 1. The van der Waals surface area contributed by atoms with Crippen molar-refractivity contribution in [2.24, 2.45) is 0 Å². The molecule has 0 atom stereocenters. The van der Waals surface area contributed by atoms with Crippen LogP contribution in [0.2, 0.25) is 5.15 Å². The molecule has 0 spiro atoms. The lowest BCUT2D eigenvalue weighted by Crippen LogP contribution is -2.03. The number of hydrogen-bond acceptors (Lipinski definition) is 4. The molecule has 0 saturated heterocycles. The SMILES string of the molecule is CCOCc1nc(Cl)cc(Nc2cccc(C)c2Br)n1. The summed E-state index contributed by atoms with van der Waals surface area (Å²) in [4.78, 5) is 8.52. The van der Waals surface area contributed by atoms with Gasteiger partial charge in [0.25, 0.3) is 0 Å². The molecule has 6 heteroatoms. The zero-order valence-electron chi connectivity index (χ0n) is 11.3. The highest BCUT2D eigenvalue weighted by atomic mass is 79.9. The van der Waals surface area contributed by atoms with Gasteiger partial charge in [0.2, 0.25) is 0 Å². The van der Waals surface area contributed by atoms with Crippen molar-refractivity contribution in [1.82, 2.24) is 9.97 Å². The van der Waals surface area contributed by atoms with E-state index in [-0.39, 0.29) is 0 Å². The van der Waals surface area contributed by atoms with E-state index in [0.717, 1.165) is 15.7 Å². The molecule has 0 aliphatic heterocycles. The third kappa shape index (κ3) is 3.91. The molecule has 106 valence electrons. The van der Waals surface area contributed by atoms with Gasteiger partial charge in [-0.15, -0.1) is 0 Å². The average molecular weight is 357 g/mol. The molecule has 0 unspecified atom stereocenters. The van der Waals surface area contributed by atoms with E-state index in [1.807, 2.05) is 32.0 Å². The Morgan fingerprint density at radius 2 is 2.15 bits per heavy atom. The number of anilines is 2. The monoisotopic (exact) mass is 355 g/mol. The van der Waals surface area contributed by atoms with Crippen LogP contribution in [0, 0.1) is 6.92 Å². The van der Waals surface area contributed by atoms with Gasteiger partial charge in [0.1, 0.15) is 17.6 Å². The minimum Gasteiger partial charge on any atom is -0.374 e. The Hall–Kier alpha value is -1.17. The van der Waals surface area contributed by atoms with Gasteiger partial charge < -0.3 is 10.1 Å². The Morgan fingerprint density at radius 1 is 1.35 bits per heavy atom. The van der Waals surface area contributed by atoms with E-state index in [1.165, 1.54) is 0 Å². The van der Waals surface area contributed by atoms with E-state index < -0.39 is 0 Å². The smallest absolute Gasteiger partial charge is 0.158 e. The molecule has 0 radical (unpaired) electrons. The zero-order valence-corrected chi connectivity index (χ0v) is 13.6. The number of aryl methyl sites for hydroxylation is 1. The second kappa shape index (κ2) is 7.02. The number of nitrogens with one attached hydrogen (secondary N) is 1. The molecule has 2 aromatic rings. The summed E-state index contributed by atoms with van der Waals surface area (Å²) in [5, 5.41) is 3.62. The Labute approximate surface area is 131 Å². The molecule has 20 heavy (non-hydrogen) atoms. The number of hydrogen-bond donors (Lipinski definition) is 1. The van der Waals surface area contributed by atoms with Crippen LogP contribution in [0.1, 0.15) is 18.3 Å². The summed E-state index contributed by atoms with van der Waals surface area (Å²) in [5.74, 6) is 1.21. The molecule has 1 N–H and O–H groups in total. The van der Waals surface area contributed by atoms with E-state index >= 15 is 0 Å². The van der Waals surface area contributed by atoms with E-state index in [2.05, 4.69) is 31.2 Å². The fourth-order valence-corrected chi connectivity index (χ4v) is 2.23. The van der Waals surface area contributed by atoms with Crippen molar-refractivity contribution in [2.45, 2.75) is 20.5 Å². The van der Waals surface area contributed by atoms with Crippen LogP contribution in [0.25, 0.3) is 0 Å². The highest BCUT2D eigenvalue weighted by Crippen LogP contribution is 2.28. The Kier molecular flexibility index (Phi) is 5.34. The van der Waals surface area contributed by atoms with Gasteiger partial charge in [-0.3, -0.25) is 0 Å². The van der Waals surface area contributed by atoms with Crippen LogP contribution in [-0.2, 0) is 11.3 Å². The molecule has 2 rings (SSSR count). The van der Waals surface area contributed by atoms with Gasteiger partial charge in [0.15, 0.2) is 5.82 Å². The predicted molar refractivity (Wildman–Crippen MR) is 84.5 cm³/mol. The van der Waals surface area contributed by atoms with Crippen LogP contribution >= 0.6 is 27.5 Å². The molecule has 4 nitrogen and oxygen atoms in total. The number of halogens is 2. The second-order valence-electron chi connectivity index (χ2n) is 4.19. The van der Waals surface area contributed by atoms with Crippen LogP contribution in [0.4, 0.5) is 11.5 Å². The standard InChI is InChI=1S/C14H15BrClN3O/c1-3-20-8-13-18-11(16)7-12(19-13)17-10-6-4-5-9(2)14(10)15/h4-7H,3,8H2,1-2H3,(H,17,18,19). The minimum absolute atomic E-state index is 0.348. The second-order valence-corrected chi connectivity index (χ2v) is 5.37. The normalized spacial score (nSPS) is 10.6. The molecular formula is C14H15BrClN3O. The van der Waals surface area contributed by atoms with Gasteiger partial charge in [-0.2, -0.15) is 0 Å². The van der Waals surface area contributed by atoms with Gasteiger partial charge in [0, 0.05) is 17.1 Å². The van der Waals surface area contributed by atoms with Crippen LogP contribution in [0.5, 0.6) is 0 Å².